The number of carbonyl (C=O) groups is 1. The van der Waals surface area contributed by atoms with E-state index in [-0.39, 0.29) is 5.82 Å². The monoisotopic (exact) mass is 246 g/mol. The van der Waals surface area contributed by atoms with Crippen LogP contribution in [0.25, 0.3) is 0 Å². The quantitative estimate of drug-likeness (QED) is 0.748. The maximum Gasteiger partial charge on any atom is 0.152 e. The molecule has 18 heavy (non-hydrogen) atoms. The van der Waals surface area contributed by atoms with Gasteiger partial charge in [0.2, 0.25) is 0 Å². The van der Waals surface area contributed by atoms with Gasteiger partial charge in [-0.25, -0.2) is 4.39 Å². The molecule has 2 heterocycles. The second-order valence-electron chi connectivity index (χ2n) is 4.19. The smallest absolute Gasteiger partial charge is 0.152 e. The Balaban J connectivity index is 1.90. The number of aromatic nitrogens is 3. The first kappa shape index (κ1) is 10.9. The lowest BCUT2D eigenvalue weighted by Gasteiger charge is -2.29. The standard InChI is InChI=1S/C12H11FN4O/c13-10-5-9(7-18)1-2-11(10)16-3-4-17-8-14-15-12(17)6-16/h1-2,5,7-8H,3-4,6H2. The molecule has 0 bridgehead atoms. The van der Waals surface area contributed by atoms with E-state index in [0.29, 0.717) is 30.6 Å². The Bertz CT molecular complexity index is 596. The van der Waals surface area contributed by atoms with Gasteiger partial charge in [0.25, 0.3) is 0 Å². The van der Waals surface area contributed by atoms with Crippen LogP contribution in [-0.4, -0.2) is 27.6 Å². The molecule has 1 aliphatic heterocycles. The van der Waals surface area contributed by atoms with Gasteiger partial charge in [-0.05, 0) is 18.2 Å². The number of hydrogen-bond acceptors (Lipinski definition) is 4. The zero-order valence-corrected chi connectivity index (χ0v) is 9.58. The predicted octanol–water partition coefficient (Wildman–Crippen LogP) is 1.25. The molecule has 2 aromatic rings. The summed E-state index contributed by atoms with van der Waals surface area (Å²) in [7, 11) is 0. The van der Waals surface area contributed by atoms with Crippen molar-refractivity contribution in [1.29, 1.82) is 0 Å². The van der Waals surface area contributed by atoms with E-state index in [4.69, 9.17) is 0 Å². The summed E-state index contributed by atoms with van der Waals surface area (Å²) in [5.74, 6) is 0.438. The van der Waals surface area contributed by atoms with Gasteiger partial charge in [0.15, 0.2) is 5.82 Å². The molecule has 0 unspecified atom stereocenters. The van der Waals surface area contributed by atoms with E-state index in [1.807, 2.05) is 9.47 Å². The van der Waals surface area contributed by atoms with Gasteiger partial charge in [-0.1, -0.05) is 0 Å². The summed E-state index contributed by atoms with van der Waals surface area (Å²) in [4.78, 5) is 12.5. The van der Waals surface area contributed by atoms with Crippen LogP contribution >= 0.6 is 0 Å². The van der Waals surface area contributed by atoms with Crippen molar-refractivity contribution in [1.82, 2.24) is 14.8 Å². The Morgan fingerprint density at radius 1 is 1.33 bits per heavy atom. The number of halogens is 1. The number of benzene rings is 1. The van der Waals surface area contributed by atoms with Crippen molar-refractivity contribution in [3.05, 3.63) is 41.7 Å². The van der Waals surface area contributed by atoms with Crippen molar-refractivity contribution in [2.75, 3.05) is 11.4 Å². The predicted molar refractivity (Wildman–Crippen MR) is 62.9 cm³/mol. The van der Waals surface area contributed by atoms with E-state index in [2.05, 4.69) is 10.2 Å². The Labute approximate surface area is 103 Å². The second kappa shape index (κ2) is 4.21. The molecule has 0 atom stereocenters. The van der Waals surface area contributed by atoms with Crippen LogP contribution in [0.1, 0.15) is 16.2 Å². The Morgan fingerprint density at radius 2 is 2.22 bits per heavy atom. The molecule has 92 valence electrons. The van der Waals surface area contributed by atoms with Crippen LogP contribution in [0.2, 0.25) is 0 Å². The topological polar surface area (TPSA) is 51.0 Å². The molecular formula is C12H11FN4O. The Morgan fingerprint density at radius 3 is 3.00 bits per heavy atom. The summed E-state index contributed by atoms with van der Waals surface area (Å²) in [6, 6.07) is 4.50. The molecule has 3 rings (SSSR count). The summed E-state index contributed by atoms with van der Waals surface area (Å²) in [6.07, 6.45) is 2.32. The number of aldehydes is 1. The highest BCUT2D eigenvalue weighted by Gasteiger charge is 2.20. The van der Waals surface area contributed by atoms with Crippen LogP contribution in [0.4, 0.5) is 10.1 Å². The third kappa shape index (κ3) is 1.75. The van der Waals surface area contributed by atoms with Crippen LogP contribution < -0.4 is 4.90 Å². The van der Waals surface area contributed by atoms with Crippen LogP contribution in [-0.2, 0) is 13.1 Å². The first-order valence-electron chi connectivity index (χ1n) is 5.64. The largest absolute Gasteiger partial charge is 0.360 e. The van der Waals surface area contributed by atoms with Gasteiger partial charge in [0.1, 0.15) is 18.4 Å². The third-order valence-electron chi connectivity index (χ3n) is 3.09. The average Bonchev–Trinajstić information content (AvgIpc) is 2.85. The molecule has 1 aliphatic rings. The minimum absolute atomic E-state index is 0.344. The van der Waals surface area contributed by atoms with E-state index in [1.165, 1.54) is 6.07 Å². The Kier molecular flexibility index (Phi) is 2.55. The van der Waals surface area contributed by atoms with Crippen molar-refractivity contribution >= 4 is 12.0 Å². The first-order chi connectivity index (χ1) is 8.78. The zero-order chi connectivity index (χ0) is 12.5. The normalized spacial score (nSPS) is 14.4. The van der Waals surface area contributed by atoms with Gasteiger partial charge >= 0.3 is 0 Å². The number of rotatable bonds is 2. The van der Waals surface area contributed by atoms with Crippen LogP contribution in [0.5, 0.6) is 0 Å². The summed E-state index contributed by atoms with van der Waals surface area (Å²) in [5.41, 5.74) is 0.839. The summed E-state index contributed by atoms with van der Waals surface area (Å²) < 4.78 is 15.8. The minimum Gasteiger partial charge on any atom is -0.360 e. The molecule has 0 spiro atoms. The van der Waals surface area contributed by atoms with E-state index in [0.717, 1.165) is 12.4 Å². The third-order valence-corrected chi connectivity index (χ3v) is 3.09. The fourth-order valence-electron chi connectivity index (χ4n) is 2.12. The zero-order valence-electron chi connectivity index (χ0n) is 9.58. The number of hydrogen-bond donors (Lipinski definition) is 0. The number of anilines is 1. The molecule has 5 nitrogen and oxygen atoms in total. The first-order valence-corrected chi connectivity index (χ1v) is 5.64. The maximum atomic E-state index is 13.9. The molecule has 1 aromatic carbocycles. The number of nitrogens with zero attached hydrogens (tertiary/aromatic N) is 4. The fourth-order valence-corrected chi connectivity index (χ4v) is 2.12. The molecule has 0 N–H and O–H groups in total. The lowest BCUT2D eigenvalue weighted by Crippen LogP contribution is -2.34. The number of fused-ring (bicyclic) bond motifs is 1. The summed E-state index contributed by atoms with van der Waals surface area (Å²) in [5, 5.41) is 7.82. The SMILES string of the molecule is O=Cc1ccc(N2CCn3cnnc3C2)c(F)c1. The average molecular weight is 246 g/mol. The molecular weight excluding hydrogens is 235 g/mol. The van der Waals surface area contributed by atoms with Crippen molar-refractivity contribution in [2.24, 2.45) is 0 Å². The highest BCUT2D eigenvalue weighted by atomic mass is 19.1. The van der Waals surface area contributed by atoms with Crippen LogP contribution in [0.3, 0.4) is 0 Å². The molecule has 0 radical (unpaired) electrons. The van der Waals surface area contributed by atoms with Crippen molar-refractivity contribution < 1.29 is 9.18 Å². The van der Waals surface area contributed by atoms with Crippen molar-refractivity contribution in [2.45, 2.75) is 13.1 Å². The summed E-state index contributed by atoms with van der Waals surface area (Å²) >= 11 is 0. The van der Waals surface area contributed by atoms with Crippen molar-refractivity contribution in [3.63, 3.8) is 0 Å². The van der Waals surface area contributed by atoms with Crippen LogP contribution in [0, 0.1) is 5.82 Å². The molecule has 1 aromatic heterocycles. The van der Waals surface area contributed by atoms with Gasteiger partial charge in [0.05, 0.1) is 12.2 Å². The molecule has 0 saturated carbocycles. The lowest BCUT2D eigenvalue weighted by molar-refractivity contribution is 0.112. The Hall–Kier alpha value is -2.24. The second-order valence-corrected chi connectivity index (χ2v) is 4.19. The number of carbonyl (C=O) groups excluding carboxylic acids is 1. The van der Waals surface area contributed by atoms with Gasteiger partial charge in [-0.15, -0.1) is 10.2 Å². The molecule has 0 aliphatic carbocycles. The lowest BCUT2D eigenvalue weighted by atomic mass is 10.2. The van der Waals surface area contributed by atoms with Gasteiger partial charge < -0.3 is 9.47 Å². The molecule has 0 fully saturated rings. The molecule has 0 amide bonds. The van der Waals surface area contributed by atoms with Crippen molar-refractivity contribution in [3.8, 4) is 0 Å². The minimum atomic E-state index is -0.382. The highest BCUT2D eigenvalue weighted by molar-refractivity contribution is 5.76. The molecule has 0 saturated heterocycles. The van der Waals surface area contributed by atoms with Crippen LogP contribution in [0.15, 0.2) is 24.5 Å². The van der Waals surface area contributed by atoms with E-state index >= 15 is 0 Å². The highest BCUT2D eigenvalue weighted by Crippen LogP contribution is 2.23. The fraction of sp³-hybridized carbons (Fsp3) is 0.250. The van der Waals surface area contributed by atoms with E-state index in [1.54, 1.807) is 18.5 Å². The van der Waals surface area contributed by atoms with E-state index in [9.17, 15) is 9.18 Å². The molecule has 6 heteroatoms. The van der Waals surface area contributed by atoms with Gasteiger partial charge in [-0.2, -0.15) is 0 Å². The maximum absolute atomic E-state index is 13.9. The van der Waals surface area contributed by atoms with Gasteiger partial charge in [-0.3, -0.25) is 4.79 Å². The van der Waals surface area contributed by atoms with Gasteiger partial charge in [0, 0.05) is 18.7 Å². The van der Waals surface area contributed by atoms with E-state index < -0.39 is 0 Å². The summed E-state index contributed by atoms with van der Waals surface area (Å²) in [6.45, 7) is 1.96.